The smallest absolute Gasteiger partial charge is 0.397 e. The van der Waals surface area contributed by atoms with Gasteiger partial charge in [0.1, 0.15) is 28.3 Å². The Bertz CT molecular complexity index is 2530. The van der Waals surface area contributed by atoms with E-state index in [1.165, 1.54) is 21.8 Å². The van der Waals surface area contributed by atoms with E-state index < -0.39 is 5.66 Å². The fourth-order valence-corrected chi connectivity index (χ4v) is 7.95. The topological polar surface area (TPSA) is 39.7 Å². The van der Waals surface area contributed by atoms with Crippen molar-refractivity contribution in [1.82, 2.24) is 14.2 Å². The molecule has 4 aromatic heterocycles. The molecule has 3 aliphatic rings. The Hall–Kier alpha value is -6.01. The van der Waals surface area contributed by atoms with Crippen LogP contribution in [0.3, 0.4) is 0 Å². The highest BCUT2D eigenvalue weighted by Crippen LogP contribution is 2.55. The fraction of sp³-hybridized carbons (Fsp3) is 0.0263. The van der Waals surface area contributed by atoms with Crippen molar-refractivity contribution in [3.8, 4) is 45.3 Å². The van der Waals surface area contributed by atoms with E-state index in [0.29, 0.717) is 0 Å². The van der Waals surface area contributed by atoms with Crippen LogP contribution in [0, 0.1) is 0 Å². The van der Waals surface area contributed by atoms with Gasteiger partial charge in [-0.3, -0.25) is 4.98 Å². The molecule has 7 heterocycles. The fourth-order valence-electron chi connectivity index (χ4n) is 7.95. The van der Waals surface area contributed by atoms with Gasteiger partial charge in [0.05, 0.1) is 18.0 Å². The molecule has 204 valence electrons. The lowest BCUT2D eigenvalue weighted by molar-refractivity contribution is -0.993. The standard InChI is InChI=1S/C38H23N5O/c1-2-9-30-28(8-1)29-17-18-33-36-37(29)43(30)34-12-3-4-20-40(34)38(36)35-31(10-5-11-32(35)44-33)41-22-27(23-42(38)41)25-15-13-24(14-16-25)26-7-6-19-39-21-26/h1-23H/q+2. The lowest BCUT2D eigenvalue weighted by Crippen LogP contribution is -2.76. The first kappa shape index (κ1) is 22.6. The molecule has 0 fully saturated rings. The van der Waals surface area contributed by atoms with E-state index >= 15 is 0 Å². The average molecular weight is 566 g/mol. The quantitative estimate of drug-likeness (QED) is 0.214. The van der Waals surface area contributed by atoms with Gasteiger partial charge in [-0.2, -0.15) is 9.13 Å². The van der Waals surface area contributed by atoms with Gasteiger partial charge in [-0.15, -0.1) is 4.68 Å². The second-order valence-corrected chi connectivity index (χ2v) is 11.8. The Morgan fingerprint density at radius 2 is 1.50 bits per heavy atom. The van der Waals surface area contributed by atoms with Gasteiger partial charge in [0.2, 0.25) is 6.20 Å². The summed E-state index contributed by atoms with van der Waals surface area (Å²) >= 11 is 0. The third-order valence-corrected chi connectivity index (χ3v) is 9.68. The van der Waals surface area contributed by atoms with Crippen LogP contribution in [0.5, 0.6) is 11.5 Å². The Morgan fingerprint density at radius 1 is 0.659 bits per heavy atom. The van der Waals surface area contributed by atoms with Crippen LogP contribution in [0.2, 0.25) is 0 Å². The minimum absolute atomic E-state index is 0.673. The van der Waals surface area contributed by atoms with E-state index in [2.05, 4.69) is 145 Å². The molecule has 0 amide bonds. The van der Waals surface area contributed by atoms with Crippen LogP contribution >= 0.6 is 0 Å². The molecule has 0 bridgehead atoms. The molecule has 8 aromatic rings. The van der Waals surface area contributed by atoms with Gasteiger partial charge in [-0.05, 0) is 65.2 Å². The summed E-state index contributed by atoms with van der Waals surface area (Å²) in [6, 6.07) is 38.9. The van der Waals surface area contributed by atoms with Gasteiger partial charge >= 0.3 is 5.66 Å². The lowest BCUT2D eigenvalue weighted by Gasteiger charge is -2.32. The first-order valence-corrected chi connectivity index (χ1v) is 14.9. The van der Waals surface area contributed by atoms with Gasteiger partial charge in [0.25, 0.3) is 5.82 Å². The highest BCUT2D eigenvalue weighted by Gasteiger charge is 2.68. The Kier molecular flexibility index (Phi) is 3.94. The van der Waals surface area contributed by atoms with Crippen molar-refractivity contribution in [2.24, 2.45) is 0 Å². The molecule has 0 saturated carbocycles. The van der Waals surface area contributed by atoms with Crippen molar-refractivity contribution in [3.63, 3.8) is 0 Å². The van der Waals surface area contributed by atoms with Crippen molar-refractivity contribution in [3.05, 3.63) is 151 Å². The van der Waals surface area contributed by atoms with Gasteiger partial charge in [0.15, 0.2) is 11.1 Å². The van der Waals surface area contributed by atoms with Crippen LogP contribution in [-0.4, -0.2) is 14.2 Å². The molecule has 1 spiro atoms. The van der Waals surface area contributed by atoms with Crippen molar-refractivity contribution >= 4 is 21.8 Å². The molecule has 0 N–H and O–H groups in total. The van der Waals surface area contributed by atoms with Gasteiger partial charge < -0.3 is 4.74 Å². The number of ether oxygens (including phenoxy) is 1. The molecule has 3 aliphatic heterocycles. The summed E-state index contributed by atoms with van der Waals surface area (Å²) in [5.41, 5.74) is 9.73. The first-order chi connectivity index (χ1) is 21.8. The van der Waals surface area contributed by atoms with E-state index in [4.69, 9.17) is 4.74 Å². The number of hydrogen-bond acceptors (Lipinski definition) is 2. The van der Waals surface area contributed by atoms with Crippen molar-refractivity contribution in [1.29, 1.82) is 0 Å². The van der Waals surface area contributed by atoms with Crippen molar-refractivity contribution in [2.75, 3.05) is 0 Å². The second kappa shape index (κ2) is 7.68. The van der Waals surface area contributed by atoms with Crippen LogP contribution in [-0.2, 0) is 5.66 Å². The molecule has 0 radical (unpaired) electrons. The number of para-hydroxylation sites is 1. The number of pyridine rings is 2. The largest absolute Gasteiger partial charge is 0.456 e. The van der Waals surface area contributed by atoms with Crippen LogP contribution < -0.4 is 14.0 Å². The molecule has 0 saturated heterocycles. The number of rotatable bonds is 2. The number of benzene rings is 4. The molecule has 6 nitrogen and oxygen atoms in total. The number of nitrogens with zero attached hydrogens (tertiary/aromatic N) is 5. The summed E-state index contributed by atoms with van der Waals surface area (Å²) in [5, 5.41) is 2.47. The maximum Gasteiger partial charge on any atom is 0.397 e. The highest BCUT2D eigenvalue weighted by molar-refractivity contribution is 6.11. The van der Waals surface area contributed by atoms with Gasteiger partial charge in [0, 0.05) is 29.2 Å². The number of fused-ring (bicyclic) bond motifs is 7. The van der Waals surface area contributed by atoms with E-state index in [0.717, 1.165) is 56.4 Å². The molecule has 0 aliphatic carbocycles. The Balaban J connectivity index is 1.25. The summed E-state index contributed by atoms with van der Waals surface area (Å²) in [6.45, 7) is 0. The minimum Gasteiger partial charge on any atom is -0.456 e. The third kappa shape index (κ3) is 2.49. The Labute approximate surface area is 251 Å². The van der Waals surface area contributed by atoms with Crippen LogP contribution in [0.15, 0.2) is 140 Å². The van der Waals surface area contributed by atoms with Crippen molar-refractivity contribution < 1.29 is 14.0 Å². The number of aromatic nitrogens is 5. The predicted octanol–water partition coefficient (Wildman–Crippen LogP) is 6.91. The number of hydrogen-bond donors (Lipinski definition) is 0. The highest BCUT2D eigenvalue weighted by atomic mass is 16.5. The van der Waals surface area contributed by atoms with Crippen LogP contribution in [0.25, 0.3) is 55.6 Å². The first-order valence-electron chi connectivity index (χ1n) is 14.9. The maximum absolute atomic E-state index is 6.75. The molecule has 44 heavy (non-hydrogen) atoms. The van der Waals surface area contributed by atoms with E-state index in [9.17, 15) is 0 Å². The maximum atomic E-state index is 6.75. The lowest BCUT2D eigenvalue weighted by atomic mass is 9.84. The molecule has 6 heteroatoms. The third-order valence-electron chi connectivity index (χ3n) is 9.68. The normalized spacial score (nSPS) is 16.5. The zero-order valence-electron chi connectivity index (χ0n) is 23.4. The molecular formula is C38H23N5O+2. The zero-order chi connectivity index (χ0) is 28.6. The molecular weight excluding hydrogens is 542 g/mol. The monoisotopic (exact) mass is 565 g/mol. The van der Waals surface area contributed by atoms with Crippen molar-refractivity contribution in [2.45, 2.75) is 5.66 Å². The van der Waals surface area contributed by atoms with Crippen LogP contribution in [0.4, 0.5) is 0 Å². The second-order valence-electron chi connectivity index (χ2n) is 11.8. The Morgan fingerprint density at radius 3 is 2.39 bits per heavy atom. The van der Waals surface area contributed by atoms with Gasteiger partial charge in [-0.25, -0.2) is 0 Å². The summed E-state index contributed by atoms with van der Waals surface area (Å²) in [6.07, 6.45) is 10.5. The van der Waals surface area contributed by atoms with E-state index in [-0.39, 0.29) is 0 Å². The van der Waals surface area contributed by atoms with Gasteiger partial charge in [-0.1, -0.05) is 59.3 Å². The SMILES string of the molecule is c1cncc(-c2ccc(-c3cn4[n+](c3)C35c6c(cccc6-4)Oc4ccc6c7ccccc7n(c6c43)-c3cccc[n+]35)cc2)c1. The zero-order valence-corrected chi connectivity index (χ0v) is 23.4. The summed E-state index contributed by atoms with van der Waals surface area (Å²) < 4.78 is 16.3. The van der Waals surface area contributed by atoms with E-state index in [1.54, 1.807) is 0 Å². The minimum atomic E-state index is -0.673. The molecule has 1 atom stereocenters. The summed E-state index contributed by atoms with van der Waals surface area (Å²) in [5.74, 6) is 2.90. The summed E-state index contributed by atoms with van der Waals surface area (Å²) in [4.78, 5) is 4.30. The molecule has 11 rings (SSSR count). The molecule has 4 aromatic carbocycles. The molecule has 1 unspecified atom stereocenters. The predicted molar refractivity (Wildman–Crippen MR) is 167 cm³/mol. The van der Waals surface area contributed by atoms with E-state index in [1.807, 2.05) is 18.5 Å². The average Bonchev–Trinajstić information content (AvgIpc) is 3.75. The summed E-state index contributed by atoms with van der Waals surface area (Å²) in [7, 11) is 0. The van der Waals surface area contributed by atoms with Crippen LogP contribution in [0.1, 0.15) is 11.1 Å².